The Balaban J connectivity index is 2.51. The van der Waals surface area contributed by atoms with Gasteiger partial charge < -0.3 is 10.2 Å². The summed E-state index contributed by atoms with van der Waals surface area (Å²) in [5.74, 6) is 0.318. The third kappa shape index (κ3) is 0.934. The van der Waals surface area contributed by atoms with Crippen LogP contribution in [0.15, 0.2) is 11.6 Å². The zero-order valence-corrected chi connectivity index (χ0v) is 9.25. The van der Waals surface area contributed by atoms with E-state index in [0.29, 0.717) is 5.92 Å². The van der Waals surface area contributed by atoms with Crippen molar-refractivity contribution in [2.45, 2.75) is 39.7 Å². The molecule has 1 saturated carbocycles. The highest BCUT2D eigenvalue weighted by Gasteiger charge is 2.60. The highest BCUT2D eigenvalue weighted by atomic mass is 16.3. The van der Waals surface area contributed by atoms with Crippen LogP contribution >= 0.6 is 0 Å². The van der Waals surface area contributed by atoms with Gasteiger partial charge in [-0.15, -0.1) is 0 Å². The van der Waals surface area contributed by atoms with Crippen LogP contribution in [0, 0.1) is 16.7 Å². The fourth-order valence-corrected chi connectivity index (χ4v) is 3.61. The Morgan fingerprint density at radius 2 is 2.14 bits per heavy atom. The van der Waals surface area contributed by atoms with Crippen LogP contribution in [0.25, 0.3) is 0 Å². The van der Waals surface area contributed by atoms with Crippen molar-refractivity contribution in [1.82, 2.24) is 0 Å². The van der Waals surface area contributed by atoms with E-state index >= 15 is 0 Å². The summed E-state index contributed by atoms with van der Waals surface area (Å²) in [5.41, 5.74) is 1.12. The fraction of sp³-hybridized carbons (Fsp3) is 0.833. The van der Waals surface area contributed by atoms with Gasteiger partial charge in [-0.05, 0) is 31.1 Å². The summed E-state index contributed by atoms with van der Waals surface area (Å²) in [6, 6.07) is 0. The average molecular weight is 196 g/mol. The van der Waals surface area contributed by atoms with E-state index in [-0.39, 0.29) is 23.5 Å². The Morgan fingerprint density at radius 3 is 2.64 bits per heavy atom. The Hall–Kier alpha value is -0.340. The fourth-order valence-electron chi connectivity index (χ4n) is 3.61. The smallest absolute Gasteiger partial charge is 0.0586 e. The highest BCUT2D eigenvalue weighted by Crippen LogP contribution is 2.62. The summed E-state index contributed by atoms with van der Waals surface area (Å²) in [5, 5.41) is 19.6. The Morgan fingerprint density at radius 1 is 1.50 bits per heavy atom. The monoisotopic (exact) mass is 196 g/mol. The molecule has 14 heavy (non-hydrogen) atoms. The molecule has 0 aromatic rings. The van der Waals surface area contributed by atoms with Gasteiger partial charge in [0.15, 0.2) is 0 Å². The number of hydrogen-bond acceptors (Lipinski definition) is 2. The van der Waals surface area contributed by atoms with Gasteiger partial charge in [-0.2, -0.15) is 0 Å². The van der Waals surface area contributed by atoms with Crippen LogP contribution in [0.4, 0.5) is 0 Å². The number of hydrogen-bond donors (Lipinski definition) is 2. The summed E-state index contributed by atoms with van der Waals surface area (Å²) in [7, 11) is 0. The van der Waals surface area contributed by atoms with Gasteiger partial charge in [-0.1, -0.05) is 25.5 Å². The van der Waals surface area contributed by atoms with E-state index in [9.17, 15) is 10.2 Å². The molecular formula is C12H20O2. The molecule has 2 heteroatoms. The van der Waals surface area contributed by atoms with Crippen LogP contribution in [-0.2, 0) is 0 Å². The minimum Gasteiger partial charge on any atom is -0.395 e. The molecule has 2 N–H and O–H groups in total. The van der Waals surface area contributed by atoms with Gasteiger partial charge in [-0.25, -0.2) is 0 Å². The SMILES string of the molecule is CC1=CCC2[C@H](O)CC1(CO)C2(C)C. The molecule has 2 nitrogen and oxygen atoms in total. The lowest BCUT2D eigenvalue weighted by atomic mass is 9.58. The minimum atomic E-state index is -0.245. The third-order valence-corrected chi connectivity index (χ3v) is 4.89. The summed E-state index contributed by atoms with van der Waals surface area (Å²) in [6.45, 7) is 6.61. The van der Waals surface area contributed by atoms with Crippen molar-refractivity contribution in [1.29, 1.82) is 0 Å². The normalized spacial score (nSPS) is 45.1. The van der Waals surface area contributed by atoms with E-state index in [4.69, 9.17) is 0 Å². The maximum atomic E-state index is 10.0. The van der Waals surface area contributed by atoms with Crippen molar-refractivity contribution in [2.24, 2.45) is 16.7 Å². The van der Waals surface area contributed by atoms with Crippen LogP contribution in [0.5, 0.6) is 0 Å². The first kappa shape index (κ1) is 10.2. The number of aliphatic hydroxyl groups excluding tert-OH is 2. The average Bonchev–Trinajstić information content (AvgIpc) is 2.23. The molecular weight excluding hydrogens is 176 g/mol. The first-order valence-electron chi connectivity index (χ1n) is 5.42. The first-order valence-corrected chi connectivity index (χ1v) is 5.42. The molecule has 80 valence electrons. The van der Waals surface area contributed by atoms with Crippen molar-refractivity contribution in [3.05, 3.63) is 11.6 Å². The lowest BCUT2D eigenvalue weighted by Gasteiger charge is -2.46. The molecule has 2 bridgehead atoms. The molecule has 2 aliphatic carbocycles. The third-order valence-electron chi connectivity index (χ3n) is 4.89. The van der Waals surface area contributed by atoms with Gasteiger partial charge in [0.05, 0.1) is 12.7 Å². The molecule has 0 saturated heterocycles. The van der Waals surface area contributed by atoms with E-state index in [1.165, 1.54) is 5.57 Å². The van der Waals surface area contributed by atoms with Gasteiger partial charge in [-0.3, -0.25) is 0 Å². The van der Waals surface area contributed by atoms with Crippen molar-refractivity contribution >= 4 is 0 Å². The number of fused-ring (bicyclic) bond motifs is 2. The van der Waals surface area contributed by atoms with E-state index in [1.807, 2.05) is 0 Å². The van der Waals surface area contributed by atoms with Crippen LogP contribution in [0.3, 0.4) is 0 Å². The Labute approximate surface area is 85.6 Å². The zero-order valence-electron chi connectivity index (χ0n) is 9.25. The summed E-state index contributed by atoms with van der Waals surface area (Å²) < 4.78 is 0. The van der Waals surface area contributed by atoms with Crippen LogP contribution < -0.4 is 0 Å². The van der Waals surface area contributed by atoms with E-state index in [1.54, 1.807) is 0 Å². The molecule has 0 amide bonds. The van der Waals surface area contributed by atoms with Crippen molar-refractivity contribution in [3.63, 3.8) is 0 Å². The van der Waals surface area contributed by atoms with E-state index < -0.39 is 0 Å². The van der Waals surface area contributed by atoms with E-state index in [0.717, 1.165) is 12.8 Å². The predicted molar refractivity (Wildman–Crippen MR) is 55.8 cm³/mol. The Bertz CT molecular complexity index is 280. The lowest BCUT2D eigenvalue weighted by Crippen LogP contribution is -2.42. The lowest BCUT2D eigenvalue weighted by molar-refractivity contribution is 0.0277. The highest BCUT2D eigenvalue weighted by molar-refractivity contribution is 5.27. The zero-order chi connectivity index (χ0) is 10.6. The van der Waals surface area contributed by atoms with Gasteiger partial charge in [0.2, 0.25) is 0 Å². The van der Waals surface area contributed by atoms with Gasteiger partial charge >= 0.3 is 0 Å². The van der Waals surface area contributed by atoms with E-state index in [2.05, 4.69) is 26.8 Å². The van der Waals surface area contributed by atoms with Gasteiger partial charge in [0, 0.05) is 5.41 Å². The maximum Gasteiger partial charge on any atom is 0.0586 e. The molecule has 0 aromatic heterocycles. The summed E-state index contributed by atoms with van der Waals surface area (Å²) >= 11 is 0. The second-order valence-corrected chi connectivity index (χ2v) is 5.46. The largest absolute Gasteiger partial charge is 0.395 e. The minimum absolute atomic E-state index is 0.0278. The molecule has 0 aliphatic heterocycles. The second kappa shape index (κ2) is 2.83. The quantitative estimate of drug-likeness (QED) is 0.627. The number of allylic oxidation sites excluding steroid dienone is 1. The molecule has 0 aromatic carbocycles. The molecule has 2 rings (SSSR count). The second-order valence-electron chi connectivity index (χ2n) is 5.46. The number of rotatable bonds is 1. The van der Waals surface area contributed by atoms with Crippen LogP contribution in [-0.4, -0.2) is 22.9 Å². The molecule has 2 aliphatic rings. The standard InChI is InChI=1S/C12H20O2/c1-8-4-5-9-10(14)6-12(8,7-13)11(9,2)3/h4,9-10,13-14H,5-7H2,1-3H3/t9?,10-,12?/m1/s1. The van der Waals surface area contributed by atoms with Crippen LogP contribution in [0.1, 0.15) is 33.6 Å². The molecule has 0 spiro atoms. The van der Waals surface area contributed by atoms with Gasteiger partial charge in [0.25, 0.3) is 0 Å². The summed E-state index contributed by atoms with van der Waals surface area (Å²) in [6.07, 6.45) is 3.64. The topological polar surface area (TPSA) is 40.5 Å². The molecule has 0 radical (unpaired) electrons. The summed E-state index contributed by atoms with van der Waals surface area (Å²) in [4.78, 5) is 0. The maximum absolute atomic E-state index is 10.0. The molecule has 0 heterocycles. The van der Waals surface area contributed by atoms with Gasteiger partial charge in [0.1, 0.15) is 0 Å². The van der Waals surface area contributed by atoms with Crippen molar-refractivity contribution in [2.75, 3.05) is 6.61 Å². The predicted octanol–water partition coefficient (Wildman–Crippen LogP) is 1.72. The number of aliphatic hydroxyl groups is 2. The first-order chi connectivity index (χ1) is 6.45. The van der Waals surface area contributed by atoms with Crippen LogP contribution in [0.2, 0.25) is 0 Å². The van der Waals surface area contributed by atoms with Crippen molar-refractivity contribution in [3.8, 4) is 0 Å². The van der Waals surface area contributed by atoms with Crippen molar-refractivity contribution < 1.29 is 10.2 Å². The Kier molecular flexibility index (Phi) is 2.06. The molecule has 1 fully saturated rings. The molecule has 3 atom stereocenters. The molecule has 2 unspecified atom stereocenters.